The van der Waals surface area contributed by atoms with E-state index in [4.69, 9.17) is 38.3 Å². The summed E-state index contributed by atoms with van der Waals surface area (Å²) in [6.07, 6.45) is 1.91. The summed E-state index contributed by atoms with van der Waals surface area (Å²) in [5.74, 6) is -0.842. The van der Waals surface area contributed by atoms with Crippen molar-refractivity contribution >= 4 is 51.8 Å². The molecule has 1 N–H and O–H groups in total. The number of rotatable bonds is 8. The van der Waals surface area contributed by atoms with Crippen LogP contribution in [0.25, 0.3) is 22.3 Å². The van der Waals surface area contributed by atoms with Crippen molar-refractivity contribution in [1.82, 2.24) is 14.9 Å². The number of hydrogen-bond donors (Lipinski definition) is 1. The molecule has 1 aromatic heterocycles. The van der Waals surface area contributed by atoms with Gasteiger partial charge in [0.05, 0.1) is 22.4 Å². The molecule has 1 fully saturated rings. The molecule has 0 saturated carbocycles. The Morgan fingerprint density at radius 3 is 2.27 bits per heavy atom. The molecule has 0 spiro atoms. The molecule has 0 bridgehead atoms. The van der Waals surface area contributed by atoms with Crippen LogP contribution in [0.2, 0.25) is 10.0 Å². The van der Waals surface area contributed by atoms with Crippen molar-refractivity contribution in [2.24, 2.45) is 0 Å². The van der Waals surface area contributed by atoms with Crippen molar-refractivity contribution in [3.8, 4) is 11.3 Å². The number of carboxylic acids is 1. The molecule has 0 radical (unpaired) electrons. The molecule has 1 atom stereocenters. The average molecular weight is 578 g/mol. The highest BCUT2D eigenvalue weighted by Crippen LogP contribution is 2.28. The second-order valence-electron chi connectivity index (χ2n) is 10.1. The van der Waals surface area contributed by atoms with Crippen LogP contribution in [-0.2, 0) is 11.2 Å². The van der Waals surface area contributed by atoms with Gasteiger partial charge in [0.25, 0.3) is 5.91 Å². The third-order valence-corrected chi connectivity index (χ3v) is 7.74. The van der Waals surface area contributed by atoms with Gasteiger partial charge in [0.2, 0.25) is 0 Å². The first kappa shape index (κ1) is 27.9. The van der Waals surface area contributed by atoms with Gasteiger partial charge in [-0.3, -0.25) is 9.59 Å². The van der Waals surface area contributed by atoms with Gasteiger partial charge in [-0.25, -0.2) is 9.97 Å². The zero-order valence-electron chi connectivity index (χ0n) is 22.2. The Balaban J connectivity index is 1.39. The molecule has 2 heterocycles. The molecule has 0 unspecified atom stereocenters. The topological polar surface area (TPSA) is 86.6 Å². The summed E-state index contributed by atoms with van der Waals surface area (Å²) in [6.45, 7) is 4.13. The van der Waals surface area contributed by atoms with E-state index in [9.17, 15) is 9.59 Å². The first-order valence-corrected chi connectivity index (χ1v) is 14.1. The maximum Gasteiger partial charge on any atom is 0.303 e. The number of unbranched alkanes of at least 4 members (excludes halogenated alkanes) is 1. The van der Waals surface area contributed by atoms with E-state index in [1.165, 1.54) is 0 Å². The Morgan fingerprint density at radius 1 is 0.900 bits per heavy atom. The number of carbonyl (C=O) groups is 2. The molecule has 40 heavy (non-hydrogen) atoms. The van der Waals surface area contributed by atoms with Gasteiger partial charge in [-0.1, -0.05) is 35.3 Å². The van der Waals surface area contributed by atoms with Crippen molar-refractivity contribution in [1.29, 1.82) is 0 Å². The number of hydrogen-bond acceptors (Lipinski definition) is 5. The number of halogens is 2. The van der Waals surface area contributed by atoms with Crippen LogP contribution in [0.4, 0.5) is 5.69 Å². The second kappa shape index (κ2) is 12.2. The highest BCUT2D eigenvalue weighted by Gasteiger charge is 2.28. The summed E-state index contributed by atoms with van der Waals surface area (Å²) in [5, 5.41) is 10.4. The number of amides is 1. The fourth-order valence-electron chi connectivity index (χ4n) is 5.12. The Morgan fingerprint density at radius 2 is 1.60 bits per heavy atom. The molecule has 1 saturated heterocycles. The summed E-state index contributed by atoms with van der Waals surface area (Å²) in [5.41, 5.74) is 5.40. The van der Waals surface area contributed by atoms with E-state index in [1.54, 1.807) is 0 Å². The van der Waals surface area contributed by atoms with Crippen LogP contribution in [0.3, 0.4) is 0 Å². The molecule has 5 rings (SSSR count). The number of benzene rings is 3. The minimum Gasteiger partial charge on any atom is -0.481 e. The van der Waals surface area contributed by atoms with Gasteiger partial charge in [-0.05, 0) is 80.8 Å². The Kier molecular flexibility index (Phi) is 8.52. The molecule has 1 amide bonds. The fourth-order valence-corrected chi connectivity index (χ4v) is 5.37. The highest BCUT2D eigenvalue weighted by molar-refractivity contribution is 6.30. The lowest BCUT2D eigenvalue weighted by molar-refractivity contribution is -0.137. The van der Waals surface area contributed by atoms with Gasteiger partial charge < -0.3 is 14.9 Å². The number of aromatic nitrogens is 2. The molecule has 206 valence electrons. The lowest BCUT2D eigenvalue weighted by Gasteiger charge is -2.41. The number of anilines is 1. The SMILES string of the molecule is C[C@H]1CN(c2ccc(Cl)cc2)CCN1C(=O)c1ccc2nc(-c3ccc(Cl)cc3)c(CCCCC(=O)O)nc2c1. The van der Waals surface area contributed by atoms with Crippen molar-refractivity contribution in [2.45, 2.75) is 38.6 Å². The number of aryl methyl sites for hydroxylation is 1. The number of carboxylic acid groups (broad SMARTS) is 1. The Labute approximate surface area is 243 Å². The molecule has 9 heteroatoms. The third kappa shape index (κ3) is 6.37. The van der Waals surface area contributed by atoms with E-state index >= 15 is 0 Å². The monoisotopic (exact) mass is 576 g/mol. The van der Waals surface area contributed by atoms with E-state index in [0.29, 0.717) is 52.4 Å². The van der Waals surface area contributed by atoms with Gasteiger partial charge in [-0.15, -0.1) is 0 Å². The minimum atomic E-state index is -0.811. The molecule has 7 nitrogen and oxygen atoms in total. The molecule has 4 aromatic rings. The number of fused-ring (bicyclic) bond motifs is 1. The van der Waals surface area contributed by atoms with E-state index in [2.05, 4.69) is 11.8 Å². The summed E-state index contributed by atoms with van der Waals surface area (Å²) in [7, 11) is 0. The van der Waals surface area contributed by atoms with E-state index < -0.39 is 5.97 Å². The average Bonchev–Trinajstić information content (AvgIpc) is 2.95. The van der Waals surface area contributed by atoms with Crippen LogP contribution in [0.1, 0.15) is 42.2 Å². The summed E-state index contributed by atoms with van der Waals surface area (Å²) in [4.78, 5) is 38.6. The third-order valence-electron chi connectivity index (χ3n) is 7.24. The van der Waals surface area contributed by atoms with Crippen LogP contribution >= 0.6 is 23.2 Å². The van der Waals surface area contributed by atoms with Gasteiger partial charge in [0.1, 0.15) is 0 Å². The number of piperazine rings is 1. The molecule has 1 aliphatic heterocycles. The second-order valence-corrected chi connectivity index (χ2v) is 11.0. The zero-order valence-corrected chi connectivity index (χ0v) is 23.7. The van der Waals surface area contributed by atoms with Crippen LogP contribution in [0.5, 0.6) is 0 Å². The van der Waals surface area contributed by atoms with Crippen molar-refractivity contribution in [2.75, 3.05) is 24.5 Å². The van der Waals surface area contributed by atoms with Gasteiger partial charge in [-0.2, -0.15) is 0 Å². The smallest absolute Gasteiger partial charge is 0.303 e. The summed E-state index contributed by atoms with van der Waals surface area (Å²) < 4.78 is 0. The predicted molar refractivity (Wildman–Crippen MR) is 159 cm³/mol. The fraction of sp³-hybridized carbons (Fsp3) is 0.290. The molecular formula is C31H30Cl2N4O3. The zero-order chi connectivity index (χ0) is 28.2. The Hall–Kier alpha value is -3.68. The maximum atomic E-state index is 13.6. The molecule has 3 aromatic carbocycles. The van der Waals surface area contributed by atoms with Gasteiger partial charge in [0, 0.05) is 59.0 Å². The quantitative estimate of drug-likeness (QED) is 0.233. The van der Waals surface area contributed by atoms with Crippen LogP contribution in [0, 0.1) is 0 Å². The molecule has 1 aliphatic rings. The predicted octanol–water partition coefficient (Wildman–Crippen LogP) is 6.75. The van der Waals surface area contributed by atoms with Crippen LogP contribution in [0.15, 0.2) is 66.7 Å². The van der Waals surface area contributed by atoms with E-state index in [1.807, 2.05) is 71.6 Å². The lowest BCUT2D eigenvalue weighted by Crippen LogP contribution is -2.54. The summed E-state index contributed by atoms with van der Waals surface area (Å²) >= 11 is 12.1. The minimum absolute atomic E-state index is 0.0239. The van der Waals surface area contributed by atoms with Gasteiger partial charge in [0.15, 0.2) is 0 Å². The molecular weight excluding hydrogens is 547 g/mol. The van der Waals surface area contributed by atoms with Gasteiger partial charge >= 0.3 is 5.97 Å². The van der Waals surface area contributed by atoms with Crippen molar-refractivity contribution in [3.63, 3.8) is 0 Å². The largest absolute Gasteiger partial charge is 0.481 e. The lowest BCUT2D eigenvalue weighted by atomic mass is 10.0. The van der Waals surface area contributed by atoms with E-state index in [0.717, 1.165) is 35.7 Å². The normalized spacial score (nSPS) is 15.4. The Bertz CT molecular complexity index is 1530. The number of aliphatic carboxylic acids is 1. The molecule has 0 aliphatic carbocycles. The first-order valence-electron chi connectivity index (χ1n) is 13.4. The van der Waals surface area contributed by atoms with E-state index in [-0.39, 0.29) is 18.4 Å². The number of nitrogens with zero attached hydrogens (tertiary/aromatic N) is 4. The summed E-state index contributed by atoms with van der Waals surface area (Å²) in [6, 6.07) is 20.7. The standard InChI is InChI=1S/C31H30Cl2N4O3/c1-20-19-36(25-13-11-24(33)12-14-25)16-17-37(20)31(40)22-8-15-26-28(18-22)34-27(4-2-3-5-29(38)39)30(35-26)21-6-9-23(32)10-7-21/h6-15,18,20H,2-5,16-17,19H2,1H3,(H,38,39)/t20-/m0/s1. The van der Waals surface area contributed by atoms with Crippen molar-refractivity contribution in [3.05, 3.63) is 88.0 Å². The van der Waals surface area contributed by atoms with Crippen LogP contribution < -0.4 is 4.90 Å². The van der Waals surface area contributed by atoms with Crippen LogP contribution in [-0.4, -0.2) is 57.5 Å². The highest BCUT2D eigenvalue weighted by atomic mass is 35.5. The van der Waals surface area contributed by atoms with Crippen molar-refractivity contribution < 1.29 is 14.7 Å². The first-order chi connectivity index (χ1) is 19.3. The number of carbonyl (C=O) groups excluding carboxylic acids is 1. The maximum absolute atomic E-state index is 13.6.